The zero-order valence-corrected chi connectivity index (χ0v) is 24.5. The van der Waals surface area contributed by atoms with Crippen molar-refractivity contribution >= 4 is 62.8 Å². The average Bonchev–Trinajstić information content (AvgIpc) is 3.49. The fourth-order valence-electron chi connectivity index (χ4n) is 5.21. The Morgan fingerprint density at radius 1 is 1.00 bits per heavy atom. The monoisotopic (exact) mass is 622 g/mol. The normalized spacial score (nSPS) is 16.1. The highest BCUT2D eigenvalue weighted by molar-refractivity contribution is 6.36. The zero-order chi connectivity index (χ0) is 29.2. The second-order valence-corrected chi connectivity index (χ2v) is 11.4. The molecule has 0 amide bonds. The van der Waals surface area contributed by atoms with Crippen LogP contribution in [0.3, 0.4) is 0 Å². The number of piperidine rings is 1. The van der Waals surface area contributed by atoms with Crippen LogP contribution in [0.25, 0.3) is 10.9 Å². The molecule has 1 saturated heterocycles. The number of rotatable bonds is 7. The summed E-state index contributed by atoms with van der Waals surface area (Å²) in [5, 5.41) is 23.8. The van der Waals surface area contributed by atoms with Gasteiger partial charge in [-0.25, -0.2) is 4.39 Å². The van der Waals surface area contributed by atoms with Gasteiger partial charge in [-0.3, -0.25) is 9.99 Å². The molecule has 42 heavy (non-hydrogen) atoms. The molecule has 1 aromatic heterocycles. The van der Waals surface area contributed by atoms with Crippen molar-refractivity contribution in [3.63, 3.8) is 0 Å². The fourth-order valence-corrected chi connectivity index (χ4v) is 5.79. The van der Waals surface area contributed by atoms with E-state index in [9.17, 15) is 9.65 Å². The van der Waals surface area contributed by atoms with Gasteiger partial charge in [0.25, 0.3) is 0 Å². The highest BCUT2D eigenvalue weighted by Gasteiger charge is 2.27. The van der Waals surface area contributed by atoms with Gasteiger partial charge in [0.1, 0.15) is 11.9 Å². The maximum atomic E-state index is 13.8. The smallest absolute Gasteiger partial charge is 0.141 e. The summed E-state index contributed by atoms with van der Waals surface area (Å²) in [5.41, 5.74) is 11.0. The number of pyridine rings is 1. The van der Waals surface area contributed by atoms with Crippen molar-refractivity contribution in [2.45, 2.75) is 24.9 Å². The van der Waals surface area contributed by atoms with Gasteiger partial charge in [-0.05, 0) is 74.0 Å². The summed E-state index contributed by atoms with van der Waals surface area (Å²) < 4.78 is 13.8. The lowest BCUT2D eigenvalue weighted by Crippen LogP contribution is -2.47. The molecule has 8 nitrogen and oxygen atoms in total. The molecule has 4 aromatic rings. The van der Waals surface area contributed by atoms with Gasteiger partial charge in [-0.15, -0.1) is 5.53 Å². The Morgan fingerprint density at radius 2 is 1.76 bits per heavy atom. The number of nitrogens with zero attached hydrogens (tertiary/aromatic N) is 3. The van der Waals surface area contributed by atoms with Crippen LogP contribution in [0.15, 0.2) is 72.7 Å². The van der Waals surface area contributed by atoms with Gasteiger partial charge in [0, 0.05) is 40.2 Å². The zero-order valence-electron chi connectivity index (χ0n) is 22.2. The molecule has 1 atom stereocenters. The molecule has 3 heterocycles. The van der Waals surface area contributed by atoms with Crippen LogP contribution in [0.2, 0.25) is 15.1 Å². The molecule has 3 aromatic carbocycles. The van der Waals surface area contributed by atoms with Crippen molar-refractivity contribution in [1.29, 1.82) is 5.26 Å². The molecule has 0 aliphatic carbocycles. The Kier molecular flexibility index (Phi) is 8.24. The molecule has 2 aliphatic heterocycles. The fraction of sp³-hybridized carbons (Fsp3) is 0.200. The summed E-state index contributed by atoms with van der Waals surface area (Å²) in [6.45, 7) is 1.94. The van der Waals surface area contributed by atoms with Gasteiger partial charge in [-0.2, -0.15) is 5.26 Å². The predicted molar refractivity (Wildman–Crippen MR) is 166 cm³/mol. The van der Waals surface area contributed by atoms with Crippen molar-refractivity contribution < 1.29 is 4.39 Å². The molecule has 2 aliphatic rings. The number of hydrogen-bond acceptors (Lipinski definition) is 8. The van der Waals surface area contributed by atoms with E-state index in [0.717, 1.165) is 37.2 Å². The number of halogens is 4. The van der Waals surface area contributed by atoms with E-state index in [-0.39, 0.29) is 11.1 Å². The van der Waals surface area contributed by atoms with Crippen LogP contribution in [-0.4, -0.2) is 29.1 Å². The summed E-state index contributed by atoms with van der Waals surface area (Å²) in [6, 6.07) is 17.9. The van der Waals surface area contributed by atoms with Crippen LogP contribution in [-0.2, 0) is 0 Å². The van der Waals surface area contributed by atoms with Gasteiger partial charge in [0.2, 0.25) is 0 Å². The SMILES string of the molecule is N#Cc1cnc2c(Cl)cc(N[C@@H](C3=CN(C4CCNCC4)NN3)c3ccc(Cl)cc3)cc2c1Nc1ccc(F)c(Cl)c1. The maximum absolute atomic E-state index is 13.8. The number of anilines is 3. The number of fused-ring (bicyclic) bond motifs is 1. The summed E-state index contributed by atoms with van der Waals surface area (Å²) in [4.78, 5) is 4.44. The second-order valence-electron chi connectivity index (χ2n) is 10.1. The van der Waals surface area contributed by atoms with E-state index < -0.39 is 5.82 Å². The number of nitrogens with one attached hydrogen (secondary N) is 5. The first-order valence-electron chi connectivity index (χ1n) is 13.4. The Bertz CT molecular complexity index is 1700. The Labute approximate surface area is 257 Å². The quantitative estimate of drug-likeness (QED) is 0.150. The molecule has 0 saturated carbocycles. The molecular formula is C30H26Cl3FN8. The lowest BCUT2D eigenvalue weighted by Gasteiger charge is -2.30. The van der Waals surface area contributed by atoms with Crippen LogP contribution < -0.4 is 26.9 Å². The minimum absolute atomic E-state index is 0.0347. The minimum atomic E-state index is -0.534. The molecule has 214 valence electrons. The highest BCUT2D eigenvalue weighted by atomic mass is 35.5. The van der Waals surface area contributed by atoms with Crippen LogP contribution in [0.1, 0.15) is 30.0 Å². The summed E-state index contributed by atoms with van der Waals surface area (Å²) in [5.74, 6) is -0.534. The third-order valence-corrected chi connectivity index (χ3v) is 8.20. The molecular weight excluding hydrogens is 598 g/mol. The third kappa shape index (κ3) is 5.91. The van der Waals surface area contributed by atoms with Gasteiger partial charge in [0.05, 0.1) is 38.6 Å². The van der Waals surface area contributed by atoms with E-state index in [0.29, 0.717) is 49.6 Å². The van der Waals surface area contributed by atoms with E-state index in [1.54, 1.807) is 12.1 Å². The van der Waals surface area contributed by atoms with E-state index in [1.165, 1.54) is 18.3 Å². The summed E-state index contributed by atoms with van der Waals surface area (Å²) in [7, 11) is 0. The lowest BCUT2D eigenvalue weighted by molar-refractivity contribution is 0.162. The number of aromatic nitrogens is 1. The molecule has 0 unspecified atom stereocenters. The van der Waals surface area contributed by atoms with E-state index >= 15 is 0 Å². The number of hydrogen-bond donors (Lipinski definition) is 5. The molecule has 0 spiro atoms. The maximum Gasteiger partial charge on any atom is 0.141 e. The second kappa shape index (κ2) is 12.2. The first-order chi connectivity index (χ1) is 20.4. The molecule has 12 heteroatoms. The average molecular weight is 624 g/mol. The third-order valence-electron chi connectivity index (χ3n) is 7.37. The van der Waals surface area contributed by atoms with Gasteiger partial charge in [0.15, 0.2) is 0 Å². The van der Waals surface area contributed by atoms with E-state index in [1.807, 2.05) is 30.3 Å². The van der Waals surface area contributed by atoms with Gasteiger partial charge >= 0.3 is 0 Å². The Balaban J connectivity index is 1.39. The van der Waals surface area contributed by atoms with Gasteiger partial charge in [-0.1, -0.05) is 46.9 Å². The topological polar surface area (TPSA) is 100 Å². The minimum Gasteiger partial charge on any atom is -0.373 e. The molecule has 6 rings (SSSR count). The first kappa shape index (κ1) is 28.3. The predicted octanol–water partition coefficient (Wildman–Crippen LogP) is 7.02. The number of benzene rings is 3. The van der Waals surface area contributed by atoms with Crippen molar-refractivity contribution in [1.82, 2.24) is 26.3 Å². The Hall–Kier alpha value is -3.78. The van der Waals surface area contributed by atoms with Crippen molar-refractivity contribution in [3.05, 3.63) is 105 Å². The van der Waals surface area contributed by atoms with E-state index in [4.69, 9.17) is 34.8 Å². The van der Waals surface area contributed by atoms with Crippen molar-refractivity contribution in [2.24, 2.45) is 0 Å². The van der Waals surface area contributed by atoms with E-state index in [2.05, 4.69) is 49.2 Å². The lowest BCUT2D eigenvalue weighted by atomic mass is 10.0. The highest BCUT2D eigenvalue weighted by Crippen LogP contribution is 2.37. The summed E-state index contributed by atoms with van der Waals surface area (Å²) >= 11 is 19.0. The standard InChI is InChI=1S/C30H26Cl3FN8/c31-19-3-1-17(2-4-19)29(27-16-42(41-40-27)22-7-9-36-10-8-22)39-21-11-23-28(38-20-5-6-26(34)24(32)12-20)18(14-35)15-37-30(23)25(33)13-21/h1-6,11-13,15-16,22,29,36,39-41H,7-10H2,(H,37,38)/t29-/m1/s1. The Morgan fingerprint density at radius 3 is 2.50 bits per heavy atom. The first-order valence-corrected chi connectivity index (χ1v) is 14.5. The molecule has 1 fully saturated rings. The van der Waals surface area contributed by atoms with Crippen molar-refractivity contribution in [3.8, 4) is 6.07 Å². The molecule has 0 radical (unpaired) electrons. The van der Waals surface area contributed by atoms with Crippen LogP contribution in [0.5, 0.6) is 0 Å². The summed E-state index contributed by atoms with van der Waals surface area (Å²) in [6.07, 6.45) is 5.60. The number of hydrazine groups is 2. The molecule has 0 bridgehead atoms. The van der Waals surface area contributed by atoms with Crippen LogP contribution in [0.4, 0.5) is 21.5 Å². The van der Waals surface area contributed by atoms with Gasteiger partial charge < -0.3 is 21.4 Å². The largest absolute Gasteiger partial charge is 0.373 e. The van der Waals surface area contributed by atoms with Crippen molar-refractivity contribution in [2.75, 3.05) is 23.7 Å². The molecule has 5 N–H and O–H groups in total. The van der Waals surface area contributed by atoms with Crippen LogP contribution in [0, 0.1) is 17.1 Å². The van der Waals surface area contributed by atoms with Crippen LogP contribution >= 0.6 is 34.8 Å². The number of nitriles is 1.